The van der Waals surface area contributed by atoms with Crippen molar-refractivity contribution in [1.29, 1.82) is 0 Å². The Kier molecular flexibility index (Phi) is 6.47. The number of amides is 1. The number of hydrogen-bond donors (Lipinski definition) is 3. The first-order valence-corrected chi connectivity index (χ1v) is 6.79. The molecule has 2 atom stereocenters. The van der Waals surface area contributed by atoms with Crippen LogP contribution in [0.25, 0.3) is 0 Å². The van der Waals surface area contributed by atoms with Gasteiger partial charge in [0.25, 0.3) is 0 Å². The summed E-state index contributed by atoms with van der Waals surface area (Å²) >= 11 is 0. The highest BCUT2D eigenvalue weighted by atomic mass is 16.6. The van der Waals surface area contributed by atoms with Gasteiger partial charge in [-0.2, -0.15) is 0 Å². The first kappa shape index (κ1) is 18.7. The van der Waals surface area contributed by atoms with Crippen LogP contribution in [0.4, 0.5) is 4.79 Å². The lowest BCUT2D eigenvalue weighted by molar-refractivity contribution is -0.153. The van der Waals surface area contributed by atoms with E-state index in [-0.39, 0.29) is 18.9 Å². The molecule has 2 unspecified atom stereocenters. The van der Waals surface area contributed by atoms with Gasteiger partial charge in [0.05, 0.1) is 11.5 Å². The van der Waals surface area contributed by atoms with Gasteiger partial charge >= 0.3 is 12.1 Å². The zero-order valence-corrected chi connectivity index (χ0v) is 13.2. The first-order chi connectivity index (χ1) is 8.90. The third-order valence-corrected chi connectivity index (χ3v) is 3.14. The van der Waals surface area contributed by atoms with Crippen molar-refractivity contribution in [1.82, 2.24) is 5.32 Å². The summed E-state index contributed by atoms with van der Waals surface area (Å²) in [4.78, 5) is 23.2. The van der Waals surface area contributed by atoms with E-state index in [1.54, 1.807) is 34.6 Å². The molecule has 0 bridgehead atoms. The lowest BCUT2D eigenvalue weighted by Crippen LogP contribution is -2.49. The second kappa shape index (κ2) is 6.92. The van der Waals surface area contributed by atoms with Crippen LogP contribution in [0.15, 0.2) is 0 Å². The van der Waals surface area contributed by atoms with Crippen molar-refractivity contribution in [3.8, 4) is 0 Å². The summed E-state index contributed by atoms with van der Waals surface area (Å²) in [5.74, 6) is -1.28. The molecule has 0 aromatic heterocycles. The predicted octanol–water partition coefficient (Wildman–Crippen LogP) is 2.01. The van der Waals surface area contributed by atoms with Crippen LogP contribution in [0.1, 0.15) is 48.0 Å². The summed E-state index contributed by atoms with van der Waals surface area (Å²) in [5, 5.41) is 21.5. The molecular weight excluding hydrogens is 262 g/mol. The van der Waals surface area contributed by atoms with E-state index in [4.69, 9.17) is 4.74 Å². The van der Waals surface area contributed by atoms with Gasteiger partial charge in [-0.05, 0) is 40.0 Å². The SMILES string of the molecule is CC(O)CC(CNC(=O)OC(C)(C)C)(C(=O)O)C(C)C. The lowest BCUT2D eigenvalue weighted by Gasteiger charge is -2.34. The average molecular weight is 289 g/mol. The van der Waals surface area contributed by atoms with E-state index in [1.807, 2.05) is 0 Å². The highest BCUT2D eigenvalue weighted by molar-refractivity contribution is 5.77. The van der Waals surface area contributed by atoms with Crippen molar-refractivity contribution in [3.05, 3.63) is 0 Å². The van der Waals surface area contributed by atoms with Gasteiger partial charge in [0.15, 0.2) is 0 Å². The van der Waals surface area contributed by atoms with E-state index in [0.29, 0.717) is 0 Å². The van der Waals surface area contributed by atoms with Crippen molar-refractivity contribution in [2.24, 2.45) is 11.3 Å². The largest absolute Gasteiger partial charge is 0.481 e. The maximum atomic E-state index is 11.6. The molecule has 0 aliphatic carbocycles. The van der Waals surface area contributed by atoms with Crippen LogP contribution in [-0.2, 0) is 9.53 Å². The molecule has 0 saturated carbocycles. The van der Waals surface area contributed by atoms with Gasteiger partial charge in [-0.25, -0.2) is 4.79 Å². The number of alkyl carbamates (subject to hydrolysis) is 1. The molecule has 6 heteroatoms. The molecule has 0 aromatic carbocycles. The minimum absolute atomic E-state index is 0.0653. The van der Waals surface area contributed by atoms with Gasteiger partial charge in [0.1, 0.15) is 5.60 Å². The van der Waals surface area contributed by atoms with Crippen LogP contribution in [-0.4, -0.2) is 40.5 Å². The Balaban J connectivity index is 4.91. The number of ether oxygens (including phenoxy) is 1. The molecule has 0 radical (unpaired) electrons. The fourth-order valence-corrected chi connectivity index (χ4v) is 1.99. The molecule has 118 valence electrons. The molecule has 0 fully saturated rings. The molecule has 3 N–H and O–H groups in total. The number of aliphatic carboxylic acids is 1. The van der Waals surface area contributed by atoms with E-state index in [9.17, 15) is 19.8 Å². The Hall–Kier alpha value is -1.30. The molecular formula is C14H27NO5. The van der Waals surface area contributed by atoms with Crippen LogP contribution in [0.2, 0.25) is 0 Å². The Morgan fingerprint density at radius 2 is 1.70 bits per heavy atom. The number of carbonyl (C=O) groups excluding carboxylic acids is 1. The van der Waals surface area contributed by atoms with E-state index < -0.39 is 29.2 Å². The van der Waals surface area contributed by atoms with Gasteiger partial charge in [0.2, 0.25) is 0 Å². The Bertz CT molecular complexity index is 346. The normalized spacial score (nSPS) is 16.4. The lowest BCUT2D eigenvalue weighted by atomic mass is 9.73. The quantitative estimate of drug-likeness (QED) is 0.695. The summed E-state index contributed by atoms with van der Waals surface area (Å²) in [7, 11) is 0. The van der Waals surface area contributed by atoms with Crippen molar-refractivity contribution in [2.75, 3.05) is 6.54 Å². The third kappa shape index (κ3) is 5.77. The van der Waals surface area contributed by atoms with E-state index in [1.165, 1.54) is 6.92 Å². The number of carboxylic acids is 1. The molecule has 1 amide bonds. The molecule has 0 spiro atoms. The monoisotopic (exact) mass is 289 g/mol. The predicted molar refractivity (Wildman–Crippen MR) is 75.4 cm³/mol. The maximum absolute atomic E-state index is 11.6. The Morgan fingerprint density at radius 1 is 1.20 bits per heavy atom. The summed E-state index contributed by atoms with van der Waals surface area (Å²) in [6.07, 6.45) is -1.36. The van der Waals surface area contributed by atoms with Gasteiger partial charge in [0, 0.05) is 6.54 Å². The minimum Gasteiger partial charge on any atom is -0.481 e. The van der Waals surface area contributed by atoms with Crippen LogP contribution >= 0.6 is 0 Å². The molecule has 6 nitrogen and oxygen atoms in total. The number of aliphatic hydroxyl groups is 1. The maximum Gasteiger partial charge on any atom is 0.407 e. The zero-order valence-electron chi connectivity index (χ0n) is 13.2. The summed E-state index contributed by atoms with van der Waals surface area (Å²) in [6.45, 7) is 10.2. The van der Waals surface area contributed by atoms with Crippen LogP contribution < -0.4 is 5.32 Å². The van der Waals surface area contributed by atoms with Gasteiger partial charge in [-0.15, -0.1) is 0 Å². The summed E-state index contributed by atoms with van der Waals surface area (Å²) in [6, 6.07) is 0. The van der Waals surface area contributed by atoms with Crippen molar-refractivity contribution in [3.63, 3.8) is 0 Å². The summed E-state index contributed by atoms with van der Waals surface area (Å²) < 4.78 is 5.09. The number of carboxylic acid groups (broad SMARTS) is 1. The smallest absolute Gasteiger partial charge is 0.407 e. The molecule has 20 heavy (non-hydrogen) atoms. The van der Waals surface area contributed by atoms with Gasteiger partial charge in [-0.3, -0.25) is 4.79 Å². The minimum atomic E-state index is -1.22. The fourth-order valence-electron chi connectivity index (χ4n) is 1.99. The zero-order chi connectivity index (χ0) is 16.1. The number of aliphatic hydroxyl groups excluding tert-OH is 1. The third-order valence-electron chi connectivity index (χ3n) is 3.14. The van der Waals surface area contributed by atoms with Gasteiger partial charge < -0.3 is 20.3 Å². The second-order valence-electron chi connectivity index (χ2n) is 6.52. The molecule has 0 saturated heterocycles. The first-order valence-electron chi connectivity index (χ1n) is 6.79. The Morgan fingerprint density at radius 3 is 2.00 bits per heavy atom. The number of nitrogens with one attached hydrogen (secondary N) is 1. The van der Waals surface area contributed by atoms with Crippen molar-refractivity contribution in [2.45, 2.75) is 59.7 Å². The van der Waals surface area contributed by atoms with E-state index >= 15 is 0 Å². The highest BCUT2D eigenvalue weighted by Gasteiger charge is 2.43. The average Bonchev–Trinajstić information content (AvgIpc) is 2.20. The molecule has 0 heterocycles. The number of hydrogen-bond acceptors (Lipinski definition) is 4. The number of carbonyl (C=O) groups is 2. The topological polar surface area (TPSA) is 95.9 Å². The van der Waals surface area contributed by atoms with Crippen molar-refractivity contribution < 1.29 is 24.5 Å². The standard InChI is InChI=1S/C14H27NO5/c1-9(2)14(11(17)18,7-10(3)16)8-15-12(19)20-13(4,5)6/h9-10,16H,7-8H2,1-6H3,(H,15,19)(H,17,18). The fraction of sp³-hybridized carbons (Fsp3) is 0.857. The van der Waals surface area contributed by atoms with Crippen LogP contribution in [0, 0.1) is 11.3 Å². The molecule has 0 aliphatic heterocycles. The van der Waals surface area contributed by atoms with Crippen molar-refractivity contribution >= 4 is 12.1 Å². The molecule has 0 aromatic rings. The molecule has 0 rings (SSSR count). The van der Waals surface area contributed by atoms with Crippen LogP contribution in [0.5, 0.6) is 0 Å². The second-order valence-corrected chi connectivity index (χ2v) is 6.52. The summed E-state index contributed by atoms with van der Waals surface area (Å²) in [5.41, 5.74) is -1.86. The Labute approximate surface area is 120 Å². The molecule has 0 aliphatic rings. The number of rotatable bonds is 6. The van der Waals surface area contributed by atoms with E-state index in [0.717, 1.165) is 0 Å². The van der Waals surface area contributed by atoms with Gasteiger partial charge in [-0.1, -0.05) is 13.8 Å². The van der Waals surface area contributed by atoms with E-state index in [2.05, 4.69) is 5.32 Å². The van der Waals surface area contributed by atoms with Crippen LogP contribution in [0.3, 0.4) is 0 Å². The highest BCUT2D eigenvalue weighted by Crippen LogP contribution is 2.33.